The lowest BCUT2D eigenvalue weighted by Gasteiger charge is -2.28. The Labute approximate surface area is 192 Å². The molecule has 0 unspecified atom stereocenters. The summed E-state index contributed by atoms with van der Waals surface area (Å²) in [5.74, 6) is 1.37. The average molecular weight is 452 g/mol. The van der Waals surface area contributed by atoms with E-state index in [9.17, 15) is 0 Å². The molecule has 4 rings (SSSR count). The summed E-state index contributed by atoms with van der Waals surface area (Å²) in [6.07, 6.45) is 7.06. The fourth-order valence-electron chi connectivity index (χ4n) is 3.40. The first-order valence-corrected chi connectivity index (χ1v) is 11.6. The van der Waals surface area contributed by atoms with E-state index in [0.29, 0.717) is 16.2 Å². The second-order valence-corrected chi connectivity index (χ2v) is 8.70. The van der Waals surface area contributed by atoms with Crippen LogP contribution in [0.4, 0.5) is 11.8 Å². The third-order valence-electron chi connectivity index (χ3n) is 4.98. The Morgan fingerprint density at radius 1 is 1.03 bits per heavy atom. The topological polar surface area (TPSA) is 78.9 Å². The molecule has 3 aromatic rings. The molecule has 0 spiro atoms. The summed E-state index contributed by atoms with van der Waals surface area (Å²) in [5.41, 5.74) is 1.16. The molecule has 160 valence electrons. The van der Waals surface area contributed by atoms with E-state index in [2.05, 4.69) is 49.5 Å². The van der Waals surface area contributed by atoms with Gasteiger partial charge in [-0.25, -0.2) is 15.0 Å². The van der Waals surface area contributed by atoms with Gasteiger partial charge in [0.2, 0.25) is 5.95 Å². The summed E-state index contributed by atoms with van der Waals surface area (Å²) in [6.45, 7) is 4.06. The van der Waals surface area contributed by atoms with E-state index < -0.39 is 0 Å². The molecule has 1 saturated heterocycles. The van der Waals surface area contributed by atoms with Gasteiger partial charge >= 0.3 is 0 Å². The predicted molar refractivity (Wildman–Crippen MR) is 128 cm³/mol. The number of nitrogens with zero attached hydrogens (tertiary/aromatic N) is 5. The van der Waals surface area contributed by atoms with Crippen LogP contribution in [0.15, 0.2) is 65.0 Å². The van der Waals surface area contributed by atoms with Crippen molar-refractivity contribution in [2.45, 2.75) is 42.4 Å². The highest BCUT2D eigenvalue weighted by molar-refractivity contribution is 7.99. The first-order valence-electron chi connectivity index (χ1n) is 10.4. The zero-order chi connectivity index (χ0) is 21.5. The summed E-state index contributed by atoms with van der Waals surface area (Å²) < 4.78 is 0. The van der Waals surface area contributed by atoms with E-state index in [1.807, 2.05) is 24.3 Å². The number of anilines is 2. The Balaban J connectivity index is 1.52. The van der Waals surface area contributed by atoms with Crippen LogP contribution in [0.25, 0.3) is 0 Å². The Morgan fingerprint density at radius 3 is 2.52 bits per heavy atom. The lowest BCUT2D eigenvalue weighted by atomic mass is 10.1. The predicted octanol–water partition coefficient (Wildman–Crippen LogP) is 4.46. The molecule has 1 fully saturated rings. The van der Waals surface area contributed by atoms with Gasteiger partial charge in [-0.1, -0.05) is 30.3 Å². The summed E-state index contributed by atoms with van der Waals surface area (Å²) in [6, 6.07) is 14.1. The van der Waals surface area contributed by atoms with Gasteiger partial charge in [-0.2, -0.15) is 4.98 Å². The van der Waals surface area contributed by atoms with Crippen LogP contribution in [0.2, 0.25) is 0 Å². The molecule has 0 radical (unpaired) electrons. The Hall–Kier alpha value is -2.78. The maximum Gasteiger partial charge on any atom is 0.232 e. The smallest absolute Gasteiger partial charge is 0.232 e. The maximum absolute atomic E-state index is 5.54. The third kappa shape index (κ3) is 6.11. The van der Waals surface area contributed by atoms with Crippen molar-refractivity contribution in [3.8, 4) is 0 Å². The molecule has 0 aliphatic carbocycles. The minimum absolute atomic E-state index is 0.0676. The van der Waals surface area contributed by atoms with E-state index >= 15 is 0 Å². The molecule has 1 aliphatic rings. The SMILES string of the molecule is C[C@@H](NC(=S)Nc1nc(Sc2ncccn2)cc(N2CCCCC2)n1)c1ccccc1. The molecule has 2 N–H and O–H groups in total. The van der Waals surface area contributed by atoms with Crippen molar-refractivity contribution in [3.63, 3.8) is 0 Å². The molecule has 0 bridgehead atoms. The van der Waals surface area contributed by atoms with Gasteiger partial charge < -0.3 is 15.5 Å². The van der Waals surface area contributed by atoms with E-state index in [-0.39, 0.29) is 6.04 Å². The lowest BCUT2D eigenvalue weighted by molar-refractivity contribution is 0.572. The van der Waals surface area contributed by atoms with Crippen LogP contribution in [0, 0.1) is 0 Å². The number of benzene rings is 1. The van der Waals surface area contributed by atoms with Crippen molar-refractivity contribution in [2.24, 2.45) is 0 Å². The Kier molecular flexibility index (Phi) is 7.26. The quantitative estimate of drug-likeness (QED) is 0.321. The number of aromatic nitrogens is 4. The fourth-order valence-corrected chi connectivity index (χ4v) is 4.38. The van der Waals surface area contributed by atoms with Crippen molar-refractivity contribution in [3.05, 3.63) is 60.4 Å². The highest BCUT2D eigenvalue weighted by Gasteiger charge is 2.17. The number of hydrogen-bond acceptors (Lipinski definition) is 7. The molecule has 31 heavy (non-hydrogen) atoms. The first-order chi connectivity index (χ1) is 15.2. The molecule has 2 aromatic heterocycles. The van der Waals surface area contributed by atoms with Gasteiger partial charge in [-0.05, 0) is 61.8 Å². The maximum atomic E-state index is 5.54. The van der Waals surface area contributed by atoms with Crippen LogP contribution in [-0.2, 0) is 0 Å². The average Bonchev–Trinajstić information content (AvgIpc) is 2.80. The normalized spacial score (nSPS) is 14.7. The Bertz CT molecular complexity index is 995. The first kappa shape index (κ1) is 21.5. The summed E-state index contributed by atoms with van der Waals surface area (Å²) in [4.78, 5) is 20.3. The molecule has 3 heterocycles. The summed E-state index contributed by atoms with van der Waals surface area (Å²) >= 11 is 6.95. The van der Waals surface area contributed by atoms with Crippen LogP contribution in [-0.4, -0.2) is 38.1 Å². The van der Waals surface area contributed by atoms with Gasteiger partial charge in [0.15, 0.2) is 10.3 Å². The Morgan fingerprint density at radius 2 is 1.77 bits per heavy atom. The fraction of sp³-hybridized carbons (Fsp3) is 0.318. The standard InChI is InChI=1S/C22H25N7S2/c1-16(17-9-4-2-5-10-17)25-21(30)28-20-26-18(29-13-6-3-7-14-29)15-19(27-20)31-22-23-11-8-12-24-22/h2,4-5,8-12,15-16H,3,6-7,13-14H2,1H3,(H2,25,26,27,28,30)/t16-/m1/s1. The van der Waals surface area contributed by atoms with Crippen molar-refractivity contribution in [1.29, 1.82) is 0 Å². The molecular weight excluding hydrogens is 426 g/mol. The van der Waals surface area contributed by atoms with Gasteiger partial charge in [0.05, 0.1) is 6.04 Å². The van der Waals surface area contributed by atoms with Gasteiger partial charge in [0.25, 0.3) is 0 Å². The molecule has 1 atom stereocenters. The number of rotatable bonds is 6. The number of hydrogen-bond donors (Lipinski definition) is 2. The molecule has 1 aromatic carbocycles. The van der Waals surface area contributed by atoms with Crippen molar-refractivity contribution >= 4 is 40.9 Å². The van der Waals surface area contributed by atoms with Gasteiger partial charge in [0.1, 0.15) is 10.8 Å². The summed E-state index contributed by atoms with van der Waals surface area (Å²) in [5, 5.41) is 8.39. The van der Waals surface area contributed by atoms with Crippen LogP contribution in [0.1, 0.15) is 37.8 Å². The highest BCUT2D eigenvalue weighted by Crippen LogP contribution is 2.28. The van der Waals surface area contributed by atoms with E-state index in [0.717, 1.165) is 29.5 Å². The molecule has 9 heteroatoms. The summed E-state index contributed by atoms with van der Waals surface area (Å²) in [7, 11) is 0. The van der Waals surface area contributed by atoms with Crippen molar-refractivity contribution < 1.29 is 0 Å². The minimum atomic E-state index is 0.0676. The number of thiocarbonyl (C=S) groups is 1. The zero-order valence-corrected chi connectivity index (χ0v) is 19.0. The van der Waals surface area contributed by atoms with Gasteiger partial charge in [-0.3, -0.25) is 0 Å². The molecule has 0 saturated carbocycles. The lowest BCUT2D eigenvalue weighted by Crippen LogP contribution is -2.33. The van der Waals surface area contributed by atoms with Gasteiger partial charge in [-0.15, -0.1) is 0 Å². The van der Waals surface area contributed by atoms with Crippen molar-refractivity contribution in [1.82, 2.24) is 25.3 Å². The second-order valence-electron chi connectivity index (χ2n) is 7.30. The zero-order valence-electron chi connectivity index (χ0n) is 17.4. The van der Waals surface area contributed by atoms with E-state index in [1.165, 1.54) is 31.0 Å². The number of nitrogens with one attached hydrogen (secondary N) is 2. The van der Waals surface area contributed by atoms with Gasteiger partial charge in [0, 0.05) is 31.5 Å². The van der Waals surface area contributed by atoms with E-state index in [1.54, 1.807) is 18.5 Å². The second kappa shape index (κ2) is 10.5. The molecular formula is C22H25N7S2. The largest absolute Gasteiger partial charge is 0.356 e. The van der Waals surface area contributed by atoms with Crippen LogP contribution < -0.4 is 15.5 Å². The minimum Gasteiger partial charge on any atom is -0.356 e. The van der Waals surface area contributed by atoms with Crippen LogP contribution >= 0.6 is 24.0 Å². The molecule has 0 amide bonds. The van der Waals surface area contributed by atoms with Crippen LogP contribution in [0.5, 0.6) is 0 Å². The molecule has 1 aliphatic heterocycles. The van der Waals surface area contributed by atoms with Crippen molar-refractivity contribution in [2.75, 3.05) is 23.3 Å². The van der Waals surface area contributed by atoms with Crippen LogP contribution in [0.3, 0.4) is 0 Å². The number of piperidine rings is 1. The third-order valence-corrected chi connectivity index (χ3v) is 6.01. The molecule has 7 nitrogen and oxygen atoms in total. The monoisotopic (exact) mass is 451 g/mol. The highest BCUT2D eigenvalue weighted by atomic mass is 32.2. The van der Waals surface area contributed by atoms with E-state index in [4.69, 9.17) is 17.2 Å².